The van der Waals surface area contributed by atoms with Gasteiger partial charge in [0.2, 0.25) is 0 Å². The number of fused-ring (bicyclic) bond motifs is 1. The number of nitrogens with zero attached hydrogens (tertiary/aromatic N) is 4. The third-order valence-corrected chi connectivity index (χ3v) is 20.4. The van der Waals surface area contributed by atoms with Crippen molar-refractivity contribution in [2.75, 3.05) is 46.0 Å². The number of nitrogens with one attached hydrogen (secondary N) is 2. The third-order valence-electron chi connectivity index (χ3n) is 18.8. The average molecular weight is 1400 g/mol. The van der Waals surface area contributed by atoms with Gasteiger partial charge in [-0.2, -0.15) is 14.4 Å². The zero-order chi connectivity index (χ0) is 71.5. The quantitative estimate of drug-likeness (QED) is 0.00916. The van der Waals surface area contributed by atoms with Crippen molar-refractivity contribution >= 4 is 36.7 Å². The molecule has 536 valence electrons. The summed E-state index contributed by atoms with van der Waals surface area (Å²) in [5.41, 5.74) is 0.560. The first-order valence-electron chi connectivity index (χ1n) is 36.0. The monoisotopic (exact) mass is 1400 g/mol. The first kappa shape index (κ1) is 75.6. The predicted molar refractivity (Wildman–Crippen MR) is 395 cm³/mol. The summed E-state index contributed by atoms with van der Waals surface area (Å²) < 4.78 is 85.6. The first-order valence-corrected chi connectivity index (χ1v) is 37.5. The Morgan fingerprint density at radius 1 is 0.618 bits per heavy atom. The molecule has 5 atom stereocenters. The molecular formula is C83H96FN6O11P. The average Bonchev–Trinajstić information content (AvgIpc) is 1.39. The van der Waals surface area contributed by atoms with Gasteiger partial charge in [0.25, 0.3) is 0 Å². The number of carbonyl (C=O) groups is 2. The van der Waals surface area contributed by atoms with E-state index in [-0.39, 0.29) is 43.0 Å². The van der Waals surface area contributed by atoms with Crippen LogP contribution in [0, 0.1) is 18.4 Å². The predicted octanol–water partition coefficient (Wildman–Crippen LogP) is 17.8. The molecule has 19 heteroatoms. The first-order chi connectivity index (χ1) is 49.9. The number of ether oxygens (including phenoxy) is 6. The molecule has 0 bridgehead atoms. The van der Waals surface area contributed by atoms with Crippen LogP contribution in [0.2, 0.25) is 0 Å². The lowest BCUT2D eigenvalue weighted by molar-refractivity contribution is -0.147. The van der Waals surface area contributed by atoms with Crippen LogP contribution < -0.4 is 19.9 Å². The van der Waals surface area contributed by atoms with E-state index >= 15 is 8.96 Å². The van der Waals surface area contributed by atoms with E-state index in [1.165, 1.54) is 32.0 Å². The highest BCUT2D eigenvalue weighted by atomic mass is 31.2. The van der Waals surface area contributed by atoms with Crippen molar-refractivity contribution in [3.8, 4) is 23.8 Å². The second-order valence-corrected chi connectivity index (χ2v) is 27.6. The van der Waals surface area contributed by atoms with E-state index in [0.29, 0.717) is 46.6 Å². The Morgan fingerprint density at radius 2 is 1.08 bits per heavy atom. The molecule has 1 aliphatic rings. The molecule has 1 saturated heterocycles. The Labute approximate surface area is 600 Å². The minimum absolute atomic E-state index is 0.0132. The van der Waals surface area contributed by atoms with Gasteiger partial charge in [0.1, 0.15) is 47.6 Å². The van der Waals surface area contributed by atoms with Crippen LogP contribution in [-0.4, -0.2) is 89.9 Å². The smallest absolute Gasteiger partial charge is 0.406 e. The minimum Gasteiger partial charge on any atom is -0.497 e. The molecule has 0 saturated carbocycles. The third kappa shape index (κ3) is 19.2. The van der Waals surface area contributed by atoms with Crippen molar-refractivity contribution in [3.63, 3.8) is 0 Å². The van der Waals surface area contributed by atoms with Crippen molar-refractivity contribution in [2.45, 2.75) is 165 Å². The van der Waals surface area contributed by atoms with Gasteiger partial charge in [0.15, 0.2) is 29.2 Å². The van der Waals surface area contributed by atoms with E-state index in [9.17, 15) is 9.59 Å². The maximum absolute atomic E-state index is 16.9. The summed E-state index contributed by atoms with van der Waals surface area (Å²) in [6.45, 7) is 3.02. The number of esters is 2. The van der Waals surface area contributed by atoms with Gasteiger partial charge in [-0.15, -0.1) is 6.42 Å². The van der Waals surface area contributed by atoms with E-state index in [1.54, 1.807) is 18.8 Å². The summed E-state index contributed by atoms with van der Waals surface area (Å²) in [5.74, 6) is 2.67. The van der Waals surface area contributed by atoms with E-state index in [0.717, 1.165) is 80.9 Å². The molecule has 1 unspecified atom stereocenters. The van der Waals surface area contributed by atoms with E-state index in [2.05, 4.69) is 40.1 Å². The van der Waals surface area contributed by atoms with Gasteiger partial charge in [0, 0.05) is 6.42 Å². The topological polar surface area (TPSA) is 193 Å². The Bertz CT molecular complexity index is 4040. The van der Waals surface area contributed by atoms with Crippen molar-refractivity contribution in [2.24, 2.45) is 0 Å². The molecule has 2 N–H and O–H groups in total. The Balaban J connectivity index is 1.06. The number of hydrogen-bond acceptors (Lipinski definition) is 15. The van der Waals surface area contributed by atoms with Crippen molar-refractivity contribution in [1.29, 1.82) is 0 Å². The zero-order valence-electron chi connectivity index (χ0n) is 59.1. The van der Waals surface area contributed by atoms with Crippen molar-refractivity contribution in [3.05, 3.63) is 252 Å². The van der Waals surface area contributed by atoms with Crippen LogP contribution in [-0.2, 0) is 59.7 Å². The SMILES string of the molecule is C#C[C@]1(COP(=O)(N[C@@H](Cc2ccccc2)C(=O)OCCCCCCCCCC)OCC(=O)OCCCCCCCCCC)O[C@@H](n2cnc3c(NC(c4ccccc4)(c4ccccc4)c4ccc(OC)cc4)nc(F)nc32)C[C@@H]1OC(c1ccccc1)(c1ccccc1)c1ccc(OC)cc1. The van der Waals surface area contributed by atoms with Gasteiger partial charge in [-0.25, -0.2) is 19.4 Å². The van der Waals surface area contributed by atoms with Crippen LogP contribution in [0.25, 0.3) is 11.2 Å². The van der Waals surface area contributed by atoms with E-state index in [4.69, 9.17) is 48.9 Å². The number of imidazole rings is 1. The maximum atomic E-state index is 16.9. The number of unbranched alkanes of at least 4 members (excludes halogenated alkanes) is 14. The Morgan fingerprint density at radius 3 is 1.59 bits per heavy atom. The summed E-state index contributed by atoms with van der Waals surface area (Å²) in [4.78, 5) is 42.2. The van der Waals surface area contributed by atoms with Crippen molar-refractivity contribution < 1.29 is 56.0 Å². The van der Waals surface area contributed by atoms with Crippen molar-refractivity contribution in [1.82, 2.24) is 24.6 Å². The van der Waals surface area contributed by atoms with Crippen LogP contribution in [0.3, 0.4) is 0 Å². The fourth-order valence-corrected chi connectivity index (χ4v) is 14.8. The van der Waals surface area contributed by atoms with Gasteiger partial charge in [-0.3, -0.25) is 18.4 Å². The fraction of sp³-hybridized carbons (Fsp3) is 0.386. The highest BCUT2D eigenvalue weighted by molar-refractivity contribution is 7.51. The summed E-state index contributed by atoms with van der Waals surface area (Å²) in [5, 5.41) is 6.63. The molecule has 3 heterocycles. The number of halogens is 1. The van der Waals surface area contributed by atoms with Crippen LogP contribution in [0.1, 0.15) is 168 Å². The largest absolute Gasteiger partial charge is 0.497 e. The van der Waals surface area contributed by atoms with Gasteiger partial charge in [-0.05, 0) is 82.5 Å². The zero-order valence-corrected chi connectivity index (χ0v) is 60.0. The lowest BCUT2D eigenvalue weighted by atomic mass is 9.77. The van der Waals surface area contributed by atoms with E-state index in [1.807, 2.05) is 200 Å². The Hall–Kier alpha value is -9.05. The molecule has 2 aromatic heterocycles. The summed E-state index contributed by atoms with van der Waals surface area (Å²) in [6.07, 6.45) is 21.3. The van der Waals surface area contributed by atoms with E-state index < -0.39 is 74.1 Å². The number of benzene rings is 7. The van der Waals surface area contributed by atoms with Crippen LogP contribution >= 0.6 is 7.75 Å². The Kier molecular flexibility index (Phi) is 28.0. The van der Waals surface area contributed by atoms with Gasteiger partial charge < -0.3 is 33.7 Å². The minimum atomic E-state index is -4.95. The number of terminal acetylenes is 1. The molecule has 0 amide bonds. The molecule has 9 aromatic rings. The number of carbonyl (C=O) groups excluding carboxylic acids is 2. The van der Waals surface area contributed by atoms with Crippen LogP contribution in [0.15, 0.2) is 207 Å². The van der Waals surface area contributed by atoms with Gasteiger partial charge >= 0.3 is 25.8 Å². The second kappa shape index (κ2) is 37.7. The molecule has 10 rings (SSSR count). The molecule has 17 nitrogen and oxygen atoms in total. The standard InChI is InChI=1S/C83H96FN6O11P/c1-6-9-11-13-15-17-19-36-56-96-75(91)60-98-102(93,89-72(58-63-38-26-21-27-39-63)79(92)97-57-37-20-18-16-14-12-10-7-2)99-61-81(8-3)73(100-83(67-44-32-24-33-45-67,68-46-34-25-35-47-68)69-50-54-71(95-5)55-51-69)59-74(101-81)90-62-85-76-77(86-80(84)87-78(76)90)88-82(64-40-28-22-29-41-64,65-42-30-23-31-43-65)66-48-52-70(94-4)53-49-66/h3,21-35,38-55,62,72-74H,6-7,9-20,36-37,56-61H2,1-2,4-5H3,(H,89,93)(H,86,87,88)/t72-,73-,74+,81+,102?/m0/s1. The number of methoxy groups -OCH3 is 2. The number of hydrogen-bond donors (Lipinski definition) is 2. The molecule has 7 aromatic carbocycles. The molecule has 1 fully saturated rings. The number of anilines is 1. The molecule has 1 aliphatic heterocycles. The van der Waals surface area contributed by atoms with Gasteiger partial charge in [-0.1, -0.05) is 286 Å². The molecular weight excluding hydrogens is 1310 g/mol. The lowest BCUT2D eigenvalue weighted by Crippen LogP contribution is -2.49. The maximum Gasteiger partial charge on any atom is 0.406 e. The second-order valence-electron chi connectivity index (χ2n) is 25.8. The van der Waals surface area contributed by atoms with Crippen LogP contribution in [0.4, 0.5) is 10.2 Å². The fourth-order valence-electron chi connectivity index (χ4n) is 13.4. The number of rotatable bonds is 42. The summed E-state index contributed by atoms with van der Waals surface area (Å²) in [6, 6.07) is 61.8. The lowest BCUT2D eigenvalue weighted by Gasteiger charge is -2.41. The molecule has 0 radical (unpaired) electrons. The van der Waals surface area contributed by atoms with Gasteiger partial charge in [0.05, 0.1) is 33.8 Å². The highest BCUT2D eigenvalue weighted by Gasteiger charge is 2.56. The molecule has 0 spiro atoms. The van der Waals surface area contributed by atoms with Crippen LogP contribution in [0.5, 0.6) is 11.5 Å². The normalized spacial score (nSPS) is 16.2. The summed E-state index contributed by atoms with van der Waals surface area (Å²) >= 11 is 0. The highest BCUT2D eigenvalue weighted by Crippen LogP contribution is 2.52. The molecule has 0 aliphatic carbocycles. The summed E-state index contributed by atoms with van der Waals surface area (Å²) in [7, 11) is -1.76. The molecule has 102 heavy (non-hydrogen) atoms. The number of aromatic nitrogens is 4.